The summed E-state index contributed by atoms with van der Waals surface area (Å²) in [5.74, 6) is 0.237. The zero-order valence-corrected chi connectivity index (χ0v) is 15.6. The lowest BCUT2D eigenvalue weighted by atomic mass is 10.1. The topological polar surface area (TPSA) is 20.3 Å². The number of alkyl halides is 1. The van der Waals surface area contributed by atoms with E-state index in [2.05, 4.69) is 40.7 Å². The molecule has 1 heterocycles. The van der Waals surface area contributed by atoms with Gasteiger partial charge in [0.1, 0.15) is 0 Å². The highest BCUT2D eigenvalue weighted by Crippen LogP contribution is 2.30. The second kappa shape index (κ2) is 8.33. The van der Waals surface area contributed by atoms with Crippen molar-refractivity contribution in [2.75, 3.05) is 11.9 Å². The third kappa shape index (κ3) is 4.10. The van der Waals surface area contributed by atoms with E-state index in [1.165, 1.54) is 29.7 Å². The van der Waals surface area contributed by atoms with Crippen LogP contribution < -0.4 is 0 Å². The third-order valence-corrected chi connectivity index (χ3v) is 6.01. The van der Waals surface area contributed by atoms with Crippen LogP contribution in [0.4, 0.5) is 0 Å². The van der Waals surface area contributed by atoms with Gasteiger partial charge in [0.25, 0.3) is 5.91 Å². The Hall–Kier alpha value is -0.350. The second-order valence-corrected chi connectivity index (χ2v) is 7.71. The first-order chi connectivity index (χ1) is 10.2. The maximum Gasteiger partial charge on any atom is 0.264 e. The summed E-state index contributed by atoms with van der Waals surface area (Å²) in [5, 5.41) is 0.848. The normalized spacial score (nSPS) is 14.9. The highest BCUT2D eigenvalue weighted by molar-refractivity contribution is 9.09. The standard InChI is InChI=1S/C17H26BrNOS/c1-3-14(4-2)19(11-10-18)17(20)16-12-13-8-6-5-7-9-15(13)21-16/h12,14H,3-11H2,1-2H3. The minimum absolute atomic E-state index is 0.237. The molecule has 4 heteroatoms. The molecule has 0 aliphatic heterocycles. The van der Waals surface area contributed by atoms with Crippen LogP contribution in [0.2, 0.25) is 0 Å². The number of thiophene rings is 1. The fourth-order valence-electron chi connectivity index (χ4n) is 3.18. The van der Waals surface area contributed by atoms with E-state index in [1.807, 2.05) is 0 Å². The fourth-order valence-corrected chi connectivity index (χ4v) is 4.78. The molecule has 1 aliphatic carbocycles. The predicted octanol–water partition coefficient (Wildman–Crippen LogP) is 5.04. The summed E-state index contributed by atoms with van der Waals surface area (Å²) in [7, 11) is 0. The average molecular weight is 372 g/mol. The van der Waals surface area contributed by atoms with Gasteiger partial charge >= 0.3 is 0 Å². The number of hydrogen-bond acceptors (Lipinski definition) is 2. The molecular weight excluding hydrogens is 346 g/mol. The average Bonchev–Trinajstić information content (AvgIpc) is 2.78. The summed E-state index contributed by atoms with van der Waals surface area (Å²) in [6, 6.07) is 2.54. The van der Waals surface area contributed by atoms with E-state index in [4.69, 9.17) is 0 Å². The highest BCUT2D eigenvalue weighted by Gasteiger charge is 2.24. The van der Waals surface area contributed by atoms with Gasteiger partial charge in [-0.25, -0.2) is 0 Å². The minimum atomic E-state index is 0.237. The van der Waals surface area contributed by atoms with Crippen molar-refractivity contribution in [1.82, 2.24) is 4.90 Å². The number of rotatable bonds is 6. The molecule has 0 bridgehead atoms. The van der Waals surface area contributed by atoms with E-state index in [1.54, 1.807) is 11.3 Å². The van der Waals surface area contributed by atoms with E-state index >= 15 is 0 Å². The summed E-state index contributed by atoms with van der Waals surface area (Å²) in [6.07, 6.45) is 8.25. The highest BCUT2D eigenvalue weighted by atomic mass is 79.9. The molecule has 0 fully saturated rings. The van der Waals surface area contributed by atoms with Crippen molar-refractivity contribution in [2.45, 2.75) is 64.8 Å². The van der Waals surface area contributed by atoms with Crippen LogP contribution in [0.25, 0.3) is 0 Å². The van der Waals surface area contributed by atoms with Crippen LogP contribution in [0.3, 0.4) is 0 Å². The Kier molecular flexibility index (Phi) is 6.74. The van der Waals surface area contributed by atoms with Crippen molar-refractivity contribution in [2.24, 2.45) is 0 Å². The molecule has 2 rings (SSSR count). The molecule has 0 N–H and O–H groups in total. The number of hydrogen-bond donors (Lipinski definition) is 0. The molecule has 0 aromatic carbocycles. The van der Waals surface area contributed by atoms with Crippen molar-refractivity contribution < 1.29 is 4.79 Å². The third-order valence-electron chi connectivity index (χ3n) is 4.43. The second-order valence-electron chi connectivity index (χ2n) is 5.78. The Morgan fingerprint density at radius 3 is 2.67 bits per heavy atom. The van der Waals surface area contributed by atoms with Gasteiger partial charge in [-0.05, 0) is 50.2 Å². The van der Waals surface area contributed by atoms with Crippen molar-refractivity contribution in [3.8, 4) is 0 Å². The zero-order chi connectivity index (χ0) is 15.2. The monoisotopic (exact) mass is 371 g/mol. The van der Waals surface area contributed by atoms with Gasteiger partial charge in [-0.2, -0.15) is 0 Å². The van der Waals surface area contributed by atoms with Gasteiger partial charge in [0, 0.05) is 22.8 Å². The number of carbonyl (C=O) groups is 1. The van der Waals surface area contributed by atoms with Crippen LogP contribution in [-0.4, -0.2) is 28.7 Å². The lowest BCUT2D eigenvalue weighted by Gasteiger charge is -2.29. The number of carbonyl (C=O) groups excluding carboxylic acids is 1. The van der Waals surface area contributed by atoms with Crippen molar-refractivity contribution in [1.29, 1.82) is 0 Å². The van der Waals surface area contributed by atoms with Gasteiger partial charge in [-0.15, -0.1) is 11.3 Å². The number of amides is 1. The van der Waals surface area contributed by atoms with Gasteiger partial charge in [-0.1, -0.05) is 36.2 Å². The Morgan fingerprint density at radius 1 is 1.29 bits per heavy atom. The molecule has 1 aromatic rings. The first kappa shape index (κ1) is 17.0. The molecule has 0 saturated heterocycles. The van der Waals surface area contributed by atoms with Crippen molar-refractivity contribution >= 4 is 33.2 Å². The van der Waals surface area contributed by atoms with Crippen LogP contribution in [0, 0.1) is 0 Å². The Morgan fingerprint density at radius 2 is 2.00 bits per heavy atom. The van der Waals surface area contributed by atoms with Gasteiger partial charge in [0.15, 0.2) is 0 Å². The molecule has 1 aliphatic rings. The van der Waals surface area contributed by atoms with E-state index in [0.29, 0.717) is 6.04 Å². The van der Waals surface area contributed by atoms with E-state index in [0.717, 1.165) is 42.4 Å². The summed E-state index contributed by atoms with van der Waals surface area (Å²) in [6.45, 7) is 5.15. The van der Waals surface area contributed by atoms with E-state index in [-0.39, 0.29) is 5.91 Å². The molecular formula is C17H26BrNOS. The maximum absolute atomic E-state index is 12.9. The first-order valence-corrected chi connectivity index (χ1v) is 10.1. The van der Waals surface area contributed by atoms with Crippen LogP contribution in [0.15, 0.2) is 6.07 Å². The van der Waals surface area contributed by atoms with E-state index < -0.39 is 0 Å². The lowest BCUT2D eigenvalue weighted by Crippen LogP contribution is -2.40. The number of nitrogens with zero attached hydrogens (tertiary/aromatic N) is 1. The summed E-state index contributed by atoms with van der Waals surface area (Å²) in [4.78, 5) is 17.4. The maximum atomic E-state index is 12.9. The van der Waals surface area contributed by atoms with Gasteiger partial charge in [-0.3, -0.25) is 4.79 Å². The summed E-state index contributed by atoms with van der Waals surface area (Å²) < 4.78 is 0. The van der Waals surface area contributed by atoms with Gasteiger partial charge in [0.2, 0.25) is 0 Å². The summed E-state index contributed by atoms with van der Waals surface area (Å²) >= 11 is 5.24. The zero-order valence-electron chi connectivity index (χ0n) is 13.2. The van der Waals surface area contributed by atoms with Crippen LogP contribution in [0.5, 0.6) is 0 Å². The lowest BCUT2D eigenvalue weighted by molar-refractivity contribution is 0.0688. The molecule has 2 nitrogen and oxygen atoms in total. The number of fused-ring (bicyclic) bond motifs is 1. The molecule has 0 atom stereocenters. The molecule has 21 heavy (non-hydrogen) atoms. The van der Waals surface area contributed by atoms with Gasteiger partial charge in [0.05, 0.1) is 4.88 Å². The molecule has 0 spiro atoms. The van der Waals surface area contributed by atoms with Crippen LogP contribution in [-0.2, 0) is 12.8 Å². The van der Waals surface area contributed by atoms with Gasteiger partial charge < -0.3 is 4.90 Å². The summed E-state index contributed by atoms with van der Waals surface area (Å²) in [5.41, 5.74) is 1.43. The van der Waals surface area contributed by atoms with Crippen LogP contribution >= 0.6 is 27.3 Å². The van der Waals surface area contributed by atoms with Crippen LogP contribution in [0.1, 0.15) is 66.1 Å². The first-order valence-electron chi connectivity index (χ1n) is 8.19. The minimum Gasteiger partial charge on any atom is -0.334 e. The smallest absolute Gasteiger partial charge is 0.264 e. The Bertz CT molecular complexity index is 444. The largest absolute Gasteiger partial charge is 0.334 e. The quantitative estimate of drug-likeness (QED) is 0.506. The van der Waals surface area contributed by atoms with E-state index in [9.17, 15) is 4.79 Å². The molecule has 0 unspecified atom stereocenters. The SMILES string of the molecule is CCC(CC)N(CCBr)C(=O)c1cc2c(s1)CCCCC2. The fraction of sp³-hybridized carbons (Fsp3) is 0.706. The molecule has 0 saturated carbocycles. The Labute approximate surface area is 141 Å². The predicted molar refractivity (Wildman–Crippen MR) is 94.8 cm³/mol. The number of halogens is 1. The molecule has 1 amide bonds. The number of aryl methyl sites for hydroxylation is 2. The van der Waals surface area contributed by atoms with Crippen molar-refractivity contribution in [3.05, 3.63) is 21.4 Å². The Balaban J connectivity index is 2.20. The molecule has 1 aromatic heterocycles. The molecule has 0 radical (unpaired) electrons. The molecule has 118 valence electrons. The van der Waals surface area contributed by atoms with Crippen molar-refractivity contribution in [3.63, 3.8) is 0 Å².